The molecule has 0 spiro atoms. The standard InChI is InChI=1S/C18H23NO5/c1-7-13(11-23-12(2)20)15-10-14(22-6)8-9-16(15)19-17(21)24-18(3,4)5/h8-10H,1,11H2,2-6H3,(H,19,21). The lowest BCUT2D eigenvalue weighted by molar-refractivity contribution is -0.139. The molecule has 6 heteroatoms. The van der Waals surface area contributed by atoms with Gasteiger partial charge in [0.1, 0.15) is 18.0 Å². The minimum atomic E-state index is -0.619. The number of hydrogen-bond acceptors (Lipinski definition) is 5. The molecule has 0 atom stereocenters. The fraction of sp³-hybridized carbons (Fsp3) is 0.389. The SMILES string of the molecule is C=C=C(COC(C)=O)c1cc(OC)ccc1NC(=O)OC(C)(C)C. The van der Waals surface area contributed by atoms with Crippen molar-refractivity contribution in [2.45, 2.75) is 33.3 Å². The monoisotopic (exact) mass is 333 g/mol. The van der Waals surface area contributed by atoms with Gasteiger partial charge in [0.25, 0.3) is 0 Å². The average Bonchev–Trinajstić information content (AvgIpc) is 2.46. The van der Waals surface area contributed by atoms with Gasteiger partial charge in [-0.05, 0) is 39.0 Å². The molecule has 0 aliphatic heterocycles. The minimum Gasteiger partial charge on any atom is -0.497 e. The maximum atomic E-state index is 12.0. The summed E-state index contributed by atoms with van der Waals surface area (Å²) in [6, 6.07) is 5.07. The summed E-state index contributed by atoms with van der Waals surface area (Å²) in [7, 11) is 1.53. The van der Waals surface area contributed by atoms with Crippen LogP contribution in [-0.4, -0.2) is 31.4 Å². The lowest BCUT2D eigenvalue weighted by Gasteiger charge is -2.21. The van der Waals surface area contributed by atoms with E-state index in [-0.39, 0.29) is 6.61 Å². The molecule has 24 heavy (non-hydrogen) atoms. The van der Waals surface area contributed by atoms with Crippen molar-refractivity contribution in [1.29, 1.82) is 0 Å². The van der Waals surface area contributed by atoms with E-state index in [1.165, 1.54) is 14.0 Å². The summed E-state index contributed by atoms with van der Waals surface area (Å²) in [5.41, 5.74) is 3.67. The lowest BCUT2D eigenvalue weighted by Crippen LogP contribution is -2.27. The minimum absolute atomic E-state index is 0.0188. The van der Waals surface area contributed by atoms with Crippen LogP contribution in [0.5, 0.6) is 5.75 Å². The molecule has 0 heterocycles. The summed E-state index contributed by atoms with van der Waals surface area (Å²) in [6.07, 6.45) is -0.593. The molecule has 130 valence electrons. The number of rotatable bonds is 5. The van der Waals surface area contributed by atoms with Gasteiger partial charge in [-0.1, -0.05) is 6.58 Å². The highest BCUT2D eigenvalue weighted by Crippen LogP contribution is 2.28. The smallest absolute Gasteiger partial charge is 0.412 e. The van der Waals surface area contributed by atoms with Crippen LogP contribution in [0.25, 0.3) is 5.57 Å². The van der Waals surface area contributed by atoms with E-state index in [9.17, 15) is 9.59 Å². The molecule has 0 fully saturated rings. The number of anilines is 1. The average molecular weight is 333 g/mol. The van der Waals surface area contributed by atoms with Gasteiger partial charge in [0.05, 0.1) is 12.8 Å². The molecule has 0 aliphatic carbocycles. The zero-order chi connectivity index (χ0) is 18.3. The molecule has 1 rings (SSSR count). The second kappa shape index (κ2) is 8.22. The summed E-state index contributed by atoms with van der Waals surface area (Å²) in [5, 5.41) is 2.68. The number of hydrogen-bond donors (Lipinski definition) is 1. The van der Waals surface area contributed by atoms with Gasteiger partial charge < -0.3 is 14.2 Å². The molecule has 0 aromatic heterocycles. The van der Waals surface area contributed by atoms with Crippen LogP contribution < -0.4 is 10.1 Å². The van der Waals surface area contributed by atoms with E-state index < -0.39 is 17.7 Å². The number of esters is 1. The van der Waals surface area contributed by atoms with Crippen LogP contribution in [0.3, 0.4) is 0 Å². The van der Waals surface area contributed by atoms with Gasteiger partial charge in [-0.25, -0.2) is 4.79 Å². The van der Waals surface area contributed by atoms with Crippen molar-refractivity contribution < 1.29 is 23.8 Å². The Kier molecular flexibility index (Phi) is 6.62. The van der Waals surface area contributed by atoms with Crippen LogP contribution in [0.2, 0.25) is 0 Å². The van der Waals surface area contributed by atoms with Crippen LogP contribution in [0.1, 0.15) is 33.3 Å². The number of amides is 1. The fourth-order valence-corrected chi connectivity index (χ4v) is 1.82. The highest BCUT2D eigenvalue weighted by Gasteiger charge is 2.18. The number of methoxy groups -OCH3 is 1. The Balaban J connectivity index is 3.14. The summed E-state index contributed by atoms with van der Waals surface area (Å²) in [5.74, 6) is 0.155. The summed E-state index contributed by atoms with van der Waals surface area (Å²) >= 11 is 0. The molecule has 1 N–H and O–H groups in total. The Morgan fingerprint density at radius 1 is 1.29 bits per heavy atom. The zero-order valence-corrected chi connectivity index (χ0v) is 14.7. The van der Waals surface area contributed by atoms with E-state index in [0.717, 1.165) is 0 Å². The molecule has 0 aliphatic rings. The van der Waals surface area contributed by atoms with Crippen molar-refractivity contribution in [3.05, 3.63) is 36.1 Å². The van der Waals surface area contributed by atoms with Gasteiger partial charge in [-0.2, -0.15) is 0 Å². The van der Waals surface area contributed by atoms with Crippen molar-refractivity contribution in [1.82, 2.24) is 0 Å². The quantitative estimate of drug-likeness (QED) is 0.656. The molecule has 0 saturated heterocycles. The van der Waals surface area contributed by atoms with Crippen molar-refractivity contribution in [3.63, 3.8) is 0 Å². The summed E-state index contributed by atoms with van der Waals surface area (Å²) < 4.78 is 15.5. The molecule has 6 nitrogen and oxygen atoms in total. The highest BCUT2D eigenvalue weighted by atomic mass is 16.6. The van der Waals surface area contributed by atoms with Crippen molar-refractivity contribution >= 4 is 23.3 Å². The van der Waals surface area contributed by atoms with Crippen LogP contribution >= 0.6 is 0 Å². The number of carbonyl (C=O) groups excluding carboxylic acids is 2. The first kappa shape index (κ1) is 19.3. The van der Waals surface area contributed by atoms with Gasteiger partial charge in [0.2, 0.25) is 0 Å². The number of carbonyl (C=O) groups is 2. The number of ether oxygens (including phenoxy) is 3. The third-order valence-corrected chi connectivity index (χ3v) is 2.82. The Morgan fingerprint density at radius 2 is 1.96 bits per heavy atom. The van der Waals surface area contributed by atoms with E-state index >= 15 is 0 Å². The Bertz CT molecular complexity index is 666. The third kappa shape index (κ3) is 6.18. The van der Waals surface area contributed by atoms with E-state index in [1.54, 1.807) is 39.0 Å². The molecule has 1 amide bonds. The second-order valence-corrected chi connectivity index (χ2v) is 5.97. The summed E-state index contributed by atoms with van der Waals surface area (Å²) in [6.45, 7) is 10.2. The maximum Gasteiger partial charge on any atom is 0.412 e. The van der Waals surface area contributed by atoms with Crippen LogP contribution in [0, 0.1) is 0 Å². The third-order valence-electron chi connectivity index (χ3n) is 2.82. The van der Waals surface area contributed by atoms with E-state index in [2.05, 4.69) is 17.6 Å². The van der Waals surface area contributed by atoms with Crippen molar-refractivity contribution in [2.75, 3.05) is 19.0 Å². The van der Waals surface area contributed by atoms with E-state index in [0.29, 0.717) is 22.6 Å². The maximum absolute atomic E-state index is 12.0. The van der Waals surface area contributed by atoms with Crippen LogP contribution in [0.4, 0.5) is 10.5 Å². The normalized spacial score (nSPS) is 10.4. The first-order chi connectivity index (χ1) is 11.2. The molecule has 1 aromatic carbocycles. The topological polar surface area (TPSA) is 73.9 Å². The predicted octanol–water partition coefficient (Wildman–Crippen LogP) is 3.77. The summed E-state index contributed by atoms with van der Waals surface area (Å²) in [4.78, 5) is 23.1. The molecule has 0 radical (unpaired) electrons. The Hall–Kier alpha value is -2.72. The number of nitrogens with one attached hydrogen (secondary N) is 1. The van der Waals surface area contributed by atoms with Crippen LogP contribution in [0.15, 0.2) is 30.5 Å². The van der Waals surface area contributed by atoms with Crippen molar-refractivity contribution in [2.24, 2.45) is 0 Å². The van der Waals surface area contributed by atoms with E-state index in [1.807, 2.05) is 0 Å². The highest BCUT2D eigenvalue weighted by molar-refractivity contribution is 5.90. The fourth-order valence-electron chi connectivity index (χ4n) is 1.82. The molecule has 1 aromatic rings. The molecule has 0 saturated carbocycles. The largest absolute Gasteiger partial charge is 0.497 e. The first-order valence-electron chi connectivity index (χ1n) is 7.37. The second-order valence-electron chi connectivity index (χ2n) is 5.97. The van der Waals surface area contributed by atoms with Gasteiger partial charge >= 0.3 is 12.1 Å². The first-order valence-corrected chi connectivity index (χ1v) is 7.37. The van der Waals surface area contributed by atoms with E-state index in [4.69, 9.17) is 14.2 Å². The zero-order valence-electron chi connectivity index (χ0n) is 14.7. The Morgan fingerprint density at radius 3 is 2.46 bits per heavy atom. The van der Waals surface area contributed by atoms with Crippen molar-refractivity contribution in [3.8, 4) is 5.75 Å². The van der Waals surface area contributed by atoms with Gasteiger partial charge in [0.15, 0.2) is 0 Å². The lowest BCUT2D eigenvalue weighted by atomic mass is 10.0. The van der Waals surface area contributed by atoms with Gasteiger partial charge in [0, 0.05) is 18.1 Å². The molecule has 0 unspecified atom stereocenters. The number of benzene rings is 1. The van der Waals surface area contributed by atoms with Crippen LogP contribution in [-0.2, 0) is 14.3 Å². The Labute approximate surface area is 142 Å². The van der Waals surface area contributed by atoms with Gasteiger partial charge in [-0.3, -0.25) is 10.1 Å². The predicted molar refractivity (Wildman–Crippen MR) is 92.0 cm³/mol. The van der Waals surface area contributed by atoms with Gasteiger partial charge in [-0.15, -0.1) is 5.73 Å². The molecular formula is C18H23NO5. The molecular weight excluding hydrogens is 310 g/mol. The molecule has 0 bridgehead atoms.